The maximum Gasteiger partial charge on any atom is -0.0167 e. The molecule has 0 saturated heterocycles. The molecule has 4 aliphatic carbocycles. The minimum Gasteiger partial charge on any atom is -0.0968 e. The van der Waals surface area contributed by atoms with Gasteiger partial charge in [-0.2, -0.15) is 0 Å². The van der Waals surface area contributed by atoms with E-state index >= 15 is 0 Å². The Kier molecular flexibility index (Phi) is 9.89. The fourth-order valence-electron chi connectivity index (χ4n) is 7.94. The zero-order valence-corrected chi connectivity index (χ0v) is 22.3. The van der Waals surface area contributed by atoms with Crippen LogP contribution in [0.5, 0.6) is 0 Å². The first-order chi connectivity index (χ1) is 14.8. The maximum atomic E-state index is 2.81. The summed E-state index contributed by atoms with van der Waals surface area (Å²) in [5.41, 5.74) is 6.68. The zero-order valence-electron chi connectivity index (χ0n) is 20.5. The highest BCUT2D eigenvalue weighted by atomic mass is 31.1. The van der Waals surface area contributed by atoms with Gasteiger partial charge in [-0.1, -0.05) is 107 Å². The molecule has 0 amide bonds. The van der Waals surface area contributed by atoms with Crippen LogP contribution >= 0.6 is 15.8 Å². The van der Waals surface area contributed by atoms with E-state index in [0.29, 0.717) is 0 Å². The average Bonchev–Trinajstić information content (AvgIpc) is 2.82. The van der Waals surface area contributed by atoms with Crippen molar-refractivity contribution in [3.05, 3.63) is 0 Å². The lowest BCUT2D eigenvalue weighted by Gasteiger charge is -2.49. The van der Waals surface area contributed by atoms with Crippen LogP contribution in [0.25, 0.3) is 0 Å². The van der Waals surface area contributed by atoms with Gasteiger partial charge in [-0.3, -0.25) is 0 Å². The van der Waals surface area contributed by atoms with E-state index < -0.39 is 0 Å². The third kappa shape index (κ3) is 6.05. The third-order valence-corrected chi connectivity index (χ3v) is 18.1. The van der Waals surface area contributed by atoms with E-state index in [9.17, 15) is 0 Å². The number of hydrogen-bond acceptors (Lipinski definition) is 0. The first-order valence-electron chi connectivity index (χ1n) is 14.3. The van der Waals surface area contributed by atoms with Crippen molar-refractivity contribution in [3.8, 4) is 0 Å². The fraction of sp³-hybridized carbons (Fsp3) is 1.00. The van der Waals surface area contributed by atoms with Gasteiger partial charge in [0.1, 0.15) is 0 Å². The average molecular weight is 451 g/mol. The van der Waals surface area contributed by atoms with Gasteiger partial charge in [-0.25, -0.2) is 0 Å². The van der Waals surface area contributed by atoms with Crippen LogP contribution in [-0.2, 0) is 0 Å². The lowest BCUT2D eigenvalue weighted by molar-refractivity contribution is 0.475. The molecule has 4 rings (SSSR count). The quantitative estimate of drug-likeness (QED) is 0.338. The van der Waals surface area contributed by atoms with E-state index in [2.05, 4.69) is 13.8 Å². The van der Waals surface area contributed by atoms with E-state index in [4.69, 9.17) is 0 Å². The summed E-state index contributed by atoms with van der Waals surface area (Å²) in [6, 6.07) is 0. The Hall–Kier alpha value is 0.860. The van der Waals surface area contributed by atoms with Crippen LogP contribution in [-0.4, -0.2) is 34.0 Å². The number of hydrogen-bond donors (Lipinski definition) is 0. The molecule has 0 N–H and O–H groups in total. The minimum atomic E-state index is 0.244. The smallest absolute Gasteiger partial charge is 0.0167 e. The minimum absolute atomic E-state index is 0.244. The molecule has 0 aliphatic heterocycles. The van der Waals surface area contributed by atoms with E-state index in [1.54, 1.807) is 103 Å². The van der Waals surface area contributed by atoms with Crippen LogP contribution < -0.4 is 0 Å². The highest BCUT2D eigenvalue weighted by Crippen LogP contribution is 2.67. The van der Waals surface area contributed by atoms with E-state index in [1.165, 1.54) is 25.7 Å². The van der Waals surface area contributed by atoms with Crippen molar-refractivity contribution in [2.75, 3.05) is 0 Å². The molecule has 4 aliphatic rings. The molecule has 2 atom stereocenters. The Morgan fingerprint density at radius 3 is 0.767 bits per heavy atom. The van der Waals surface area contributed by atoms with Crippen LogP contribution in [0.3, 0.4) is 0 Å². The lowest BCUT2D eigenvalue weighted by atomic mass is 9.99. The van der Waals surface area contributed by atoms with Crippen molar-refractivity contribution in [2.24, 2.45) is 0 Å². The second-order valence-electron chi connectivity index (χ2n) is 11.5. The van der Waals surface area contributed by atoms with E-state index in [-0.39, 0.29) is 15.8 Å². The Morgan fingerprint density at radius 1 is 0.367 bits per heavy atom. The molecular formula is C28H52P2. The maximum absolute atomic E-state index is 2.81. The molecule has 30 heavy (non-hydrogen) atoms. The topological polar surface area (TPSA) is 0 Å². The normalized spacial score (nSPS) is 28.8. The Labute approximate surface area is 192 Å². The van der Waals surface area contributed by atoms with Gasteiger partial charge in [0.25, 0.3) is 0 Å². The van der Waals surface area contributed by atoms with E-state index in [1.807, 2.05) is 0 Å². The van der Waals surface area contributed by atoms with Crippen LogP contribution in [0.15, 0.2) is 0 Å². The molecule has 4 saturated carbocycles. The summed E-state index contributed by atoms with van der Waals surface area (Å²) in [5.74, 6) is 0. The van der Waals surface area contributed by atoms with Gasteiger partial charge in [0.15, 0.2) is 0 Å². The summed E-state index contributed by atoms with van der Waals surface area (Å²) >= 11 is 0. The van der Waals surface area contributed by atoms with Gasteiger partial charge in [-0.05, 0) is 85.3 Å². The predicted molar refractivity (Wildman–Crippen MR) is 140 cm³/mol. The molecule has 0 aromatic heterocycles. The second kappa shape index (κ2) is 12.4. The molecule has 0 bridgehead atoms. The molecule has 2 heteroatoms. The zero-order chi connectivity index (χ0) is 20.8. The van der Waals surface area contributed by atoms with Gasteiger partial charge in [-0.15, -0.1) is 0 Å². The van der Waals surface area contributed by atoms with E-state index in [0.717, 1.165) is 34.0 Å². The molecular weight excluding hydrogens is 398 g/mol. The van der Waals surface area contributed by atoms with Crippen molar-refractivity contribution in [3.63, 3.8) is 0 Å². The summed E-state index contributed by atoms with van der Waals surface area (Å²) in [6.45, 7) is 5.61. The molecule has 0 aromatic carbocycles. The van der Waals surface area contributed by atoms with Gasteiger partial charge in [0, 0.05) is 0 Å². The molecule has 0 nitrogen and oxygen atoms in total. The third-order valence-electron chi connectivity index (χ3n) is 9.62. The van der Waals surface area contributed by atoms with Crippen LogP contribution in [0.4, 0.5) is 0 Å². The Bertz CT molecular complexity index is 387. The van der Waals surface area contributed by atoms with Crippen molar-refractivity contribution in [1.29, 1.82) is 0 Å². The highest BCUT2D eigenvalue weighted by Gasteiger charge is 2.42. The van der Waals surface area contributed by atoms with Crippen LogP contribution in [0, 0.1) is 0 Å². The summed E-state index contributed by atoms with van der Waals surface area (Å²) < 4.78 is 0. The van der Waals surface area contributed by atoms with Gasteiger partial charge in [0.05, 0.1) is 0 Å². The molecule has 4 fully saturated rings. The largest absolute Gasteiger partial charge is 0.0968 e. The standard InChI is InChI=1S/C28H52P2/c1-23(29(25-15-7-3-8-16-25)26-17-9-4-10-18-26)24(2)30(27-19-11-5-12-20-27)28-21-13-6-14-22-28/h23-28H,3-22H2,1-2H3. The molecule has 174 valence electrons. The van der Waals surface area contributed by atoms with Gasteiger partial charge in [0.2, 0.25) is 0 Å². The van der Waals surface area contributed by atoms with Crippen LogP contribution in [0.1, 0.15) is 142 Å². The second-order valence-corrected chi connectivity index (χ2v) is 17.9. The molecule has 0 spiro atoms. The summed E-state index contributed by atoms with van der Waals surface area (Å²) in [5, 5.41) is 0. The Balaban J connectivity index is 1.53. The molecule has 0 radical (unpaired) electrons. The van der Waals surface area contributed by atoms with Crippen molar-refractivity contribution >= 4 is 15.8 Å². The summed E-state index contributed by atoms with van der Waals surface area (Å²) in [7, 11) is 0.488. The summed E-state index contributed by atoms with van der Waals surface area (Å²) in [6.07, 6.45) is 31.4. The molecule has 2 unspecified atom stereocenters. The van der Waals surface area contributed by atoms with Crippen molar-refractivity contribution in [1.82, 2.24) is 0 Å². The number of rotatable bonds is 7. The van der Waals surface area contributed by atoms with Crippen molar-refractivity contribution in [2.45, 2.75) is 176 Å². The van der Waals surface area contributed by atoms with Gasteiger partial charge < -0.3 is 0 Å². The summed E-state index contributed by atoms with van der Waals surface area (Å²) in [4.78, 5) is 0. The highest BCUT2D eigenvalue weighted by molar-refractivity contribution is 7.64. The lowest BCUT2D eigenvalue weighted by Crippen LogP contribution is -2.34. The monoisotopic (exact) mass is 450 g/mol. The Morgan fingerprint density at radius 2 is 0.567 bits per heavy atom. The first kappa shape index (κ1) is 24.0. The SMILES string of the molecule is CC(C(C)P(C1CCCCC1)C1CCCCC1)P(C1CCCCC1)C1CCCCC1. The predicted octanol–water partition coefficient (Wildman–Crippen LogP) is 10.1. The first-order valence-corrected chi connectivity index (χ1v) is 17.4. The van der Waals surface area contributed by atoms with Gasteiger partial charge >= 0.3 is 0 Å². The van der Waals surface area contributed by atoms with Crippen LogP contribution in [0.2, 0.25) is 0 Å². The fourth-order valence-corrected chi connectivity index (χ4v) is 17.6. The van der Waals surface area contributed by atoms with Crippen molar-refractivity contribution < 1.29 is 0 Å². The molecule has 0 aromatic rings. The molecule has 0 heterocycles.